The van der Waals surface area contributed by atoms with E-state index in [-0.39, 0.29) is 5.54 Å². The number of aromatic nitrogens is 1. The highest BCUT2D eigenvalue weighted by atomic mass is 15.2. The van der Waals surface area contributed by atoms with Crippen LogP contribution in [0.3, 0.4) is 0 Å². The Morgan fingerprint density at radius 3 is 2.63 bits per heavy atom. The van der Waals surface area contributed by atoms with Crippen LogP contribution >= 0.6 is 0 Å². The van der Waals surface area contributed by atoms with Crippen molar-refractivity contribution in [2.24, 2.45) is 5.92 Å². The van der Waals surface area contributed by atoms with Gasteiger partial charge in [0, 0.05) is 31.4 Å². The van der Waals surface area contributed by atoms with Crippen molar-refractivity contribution in [1.82, 2.24) is 10.3 Å². The molecule has 1 N–H and O–H groups in total. The zero-order valence-electron chi connectivity index (χ0n) is 12.7. The van der Waals surface area contributed by atoms with E-state index < -0.39 is 0 Å². The molecule has 2 heterocycles. The van der Waals surface area contributed by atoms with E-state index in [1.54, 1.807) is 0 Å². The molecule has 0 radical (unpaired) electrons. The van der Waals surface area contributed by atoms with Gasteiger partial charge in [0.05, 0.1) is 0 Å². The summed E-state index contributed by atoms with van der Waals surface area (Å²) in [6.07, 6.45) is 4.51. The summed E-state index contributed by atoms with van der Waals surface area (Å²) in [6, 6.07) is 4.34. The normalized spacial score (nSPS) is 17.8. The molecule has 0 aliphatic carbocycles. The van der Waals surface area contributed by atoms with Crippen molar-refractivity contribution < 1.29 is 0 Å². The zero-order chi connectivity index (χ0) is 13.9. The van der Waals surface area contributed by atoms with E-state index in [0.29, 0.717) is 0 Å². The van der Waals surface area contributed by atoms with Crippen molar-refractivity contribution in [3.8, 4) is 0 Å². The number of hydrogen-bond donors (Lipinski definition) is 1. The maximum Gasteiger partial charge on any atom is 0.128 e. The highest BCUT2D eigenvalue weighted by Gasteiger charge is 2.17. The molecule has 106 valence electrons. The van der Waals surface area contributed by atoms with Gasteiger partial charge in [-0.05, 0) is 57.2 Å². The van der Waals surface area contributed by atoms with Crippen LogP contribution in [0.2, 0.25) is 0 Å². The summed E-state index contributed by atoms with van der Waals surface area (Å²) in [4.78, 5) is 6.95. The van der Waals surface area contributed by atoms with Crippen LogP contribution in [0.15, 0.2) is 18.3 Å². The fraction of sp³-hybridized carbons (Fsp3) is 0.688. The molecule has 0 spiro atoms. The van der Waals surface area contributed by atoms with Gasteiger partial charge in [0.15, 0.2) is 0 Å². The summed E-state index contributed by atoms with van der Waals surface area (Å²) >= 11 is 0. The van der Waals surface area contributed by atoms with Crippen LogP contribution in [0.25, 0.3) is 0 Å². The van der Waals surface area contributed by atoms with E-state index in [0.717, 1.165) is 31.4 Å². The Bertz CT molecular complexity index is 401. The summed E-state index contributed by atoms with van der Waals surface area (Å²) in [7, 11) is 0. The predicted octanol–water partition coefficient (Wildman–Crippen LogP) is 3.21. The lowest BCUT2D eigenvalue weighted by molar-refractivity contribution is 0.423. The highest BCUT2D eigenvalue weighted by molar-refractivity contribution is 5.41. The van der Waals surface area contributed by atoms with Gasteiger partial charge in [-0.15, -0.1) is 0 Å². The van der Waals surface area contributed by atoms with Crippen LogP contribution in [0, 0.1) is 5.92 Å². The predicted molar refractivity (Wildman–Crippen MR) is 81.4 cm³/mol. The highest BCUT2D eigenvalue weighted by Crippen LogP contribution is 2.21. The second kappa shape index (κ2) is 5.91. The average Bonchev–Trinajstić information content (AvgIpc) is 2.37. The number of hydrogen-bond acceptors (Lipinski definition) is 3. The first-order valence-corrected chi connectivity index (χ1v) is 7.39. The summed E-state index contributed by atoms with van der Waals surface area (Å²) in [5, 5.41) is 3.53. The first-order chi connectivity index (χ1) is 8.94. The van der Waals surface area contributed by atoms with Crippen molar-refractivity contribution in [3.63, 3.8) is 0 Å². The SMILES string of the molecule is CC1CCN(c2cc(CNC(C)(C)C)ccn2)CC1. The molecule has 0 aromatic carbocycles. The van der Waals surface area contributed by atoms with Gasteiger partial charge in [-0.3, -0.25) is 0 Å². The zero-order valence-corrected chi connectivity index (χ0v) is 12.7. The van der Waals surface area contributed by atoms with E-state index in [4.69, 9.17) is 0 Å². The molecule has 1 aliphatic rings. The van der Waals surface area contributed by atoms with Crippen molar-refractivity contribution in [2.45, 2.75) is 52.6 Å². The number of pyridine rings is 1. The van der Waals surface area contributed by atoms with Gasteiger partial charge < -0.3 is 10.2 Å². The molecular formula is C16H27N3. The molecule has 0 amide bonds. The summed E-state index contributed by atoms with van der Waals surface area (Å²) in [5.41, 5.74) is 1.47. The fourth-order valence-corrected chi connectivity index (χ4v) is 2.35. The van der Waals surface area contributed by atoms with E-state index in [2.05, 4.69) is 55.0 Å². The summed E-state index contributed by atoms with van der Waals surface area (Å²) < 4.78 is 0. The van der Waals surface area contributed by atoms with E-state index >= 15 is 0 Å². The summed E-state index contributed by atoms with van der Waals surface area (Å²) in [6.45, 7) is 12.1. The molecule has 0 atom stereocenters. The largest absolute Gasteiger partial charge is 0.357 e. The van der Waals surface area contributed by atoms with Crippen LogP contribution in [-0.4, -0.2) is 23.6 Å². The quantitative estimate of drug-likeness (QED) is 0.905. The van der Waals surface area contributed by atoms with Crippen LogP contribution in [0.1, 0.15) is 46.1 Å². The number of rotatable bonds is 3. The summed E-state index contributed by atoms with van der Waals surface area (Å²) in [5.74, 6) is 2.00. The van der Waals surface area contributed by atoms with Gasteiger partial charge in [0.2, 0.25) is 0 Å². The third-order valence-corrected chi connectivity index (χ3v) is 3.74. The maximum atomic E-state index is 4.53. The smallest absolute Gasteiger partial charge is 0.128 e. The van der Waals surface area contributed by atoms with Crippen LogP contribution in [0.5, 0.6) is 0 Å². The molecule has 1 aliphatic heterocycles. The Hall–Kier alpha value is -1.09. The van der Waals surface area contributed by atoms with Gasteiger partial charge in [-0.25, -0.2) is 4.98 Å². The fourth-order valence-electron chi connectivity index (χ4n) is 2.35. The Balaban J connectivity index is 1.99. The standard InChI is InChI=1S/C16H27N3/c1-13-6-9-19(10-7-13)15-11-14(5-8-17-15)12-18-16(2,3)4/h5,8,11,13,18H,6-7,9-10,12H2,1-4H3. The van der Waals surface area contributed by atoms with Crippen molar-refractivity contribution in [3.05, 3.63) is 23.9 Å². The minimum atomic E-state index is 0.157. The van der Waals surface area contributed by atoms with Gasteiger partial charge in [-0.1, -0.05) is 6.92 Å². The third-order valence-electron chi connectivity index (χ3n) is 3.74. The topological polar surface area (TPSA) is 28.2 Å². The van der Waals surface area contributed by atoms with Crippen LogP contribution in [0.4, 0.5) is 5.82 Å². The molecule has 2 rings (SSSR count). The van der Waals surface area contributed by atoms with Gasteiger partial charge in [-0.2, -0.15) is 0 Å². The third kappa shape index (κ3) is 4.50. The van der Waals surface area contributed by atoms with Crippen LogP contribution < -0.4 is 10.2 Å². The molecule has 0 bridgehead atoms. The van der Waals surface area contributed by atoms with Gasteiger partial charge >= 0.3 is 0 Å². The second-order valence-electron chi connectivity index (χ2n) is 6.80. The van der Waals surface area contributed by atoms with E-state index in [1.807, 2.05) is 6.20 Å². The first kappa shape index (κ1) is 14.3. The monoisotopic (exact) mass is 261 g/mol. The molecule has 19 heavy (non-hydrogen) atoms. The average molecular weight is 261 g/mol. The minimum absolute atomic E-state index is 0.157. The first-order valence-electron chi connectivity index (χ1n) is 7.39. The van der Waals surface area contributed by atoms with Crippen molar-refractivity contribution in [2.75, 3.05) is 18.0 Å². The minimum Gasteiger partial charge on any atom is -0.357 e. The van der Waals surface area contributed by atoms with Crippen molar-refractivity contribution in [1.29, 1.82) is 0 Å². The Labute approximate surface area is 117 Å². The number of nitrogens with zero attached hydrogens (tertiary/aromatic N) is 2. The lowest BCUT2D eigenvalue weighted by Crippen LogP contribution is -2.35. The van der Waals surface area contributed by atoms with E-state index in [1.165, 1.54) is 18.4 Å². The number of nitrogens with one attached hydrogen (secondary N) is 1. The lowest BCUT2D eigenvalue weighted by Gasteiger charge is -2.31. The second-order valence-corrected chi connectivity index (χ2v) is 6.80. The number of piperidine rings is 1. The lowest BCUT2D eigenvalue weighted by atomic mass is 9.99. The molecule has 1 fully saturated rings. The Kier molecular flexibility index (Phi) is 4.46. The molecule has 3 heteroatoms. The molecule has 1 aromatic rings. The van der Waals surface area contributed by atoms with Crippen molar-refractivity contribution >= 4 is 5.82 Å². The molecule has 0 unspecified atom stereocenters. The molecule has 3 nitrogen and oxygen atoms in total. The maximum absolute atomic E-state index is 4.53. The molecule has 0 saturated carbocycles. The van der Waals surface area contributed by atoms with Gasteiger partial charge in [0.25, 0.3) is 0 Å². The van der Waals surface area contributed by atoms with Gasteiger partial charge in [0.1, 0.15) is 5.82 Å². The Morgan fingerprint density at radius 2 is 2.00 bits per heavy atom. The van der Waals surface area contributed by atoms with E-state index in [9.17, 15) is 0 Å². The molecule has 1 saturated heterocycles. The number of anilines is 1. The Morgan fingerprint density at radius 1 is 1.32 bits per heavy atom. The van der Waals surface area contributed by atoms with Crippen LogP contribution in [-0.2, 0) is 6.54 Å². The molecular weight excluding hydrogens is 234 g/mol. The molecule has 1 aromatic heterocycles.